The standard InChI is InChI=1S/C24H42ClN7O4S/c1-12-6-13(14-7-20(25)28-9-18(14)35-2)15(8-27-12)21(33)31-24-30-17-10-32(11-19(17)37-24)22(34)16-4-5-26-23(29-16)36-3/h12-20,23-24,26-30H,4-11H2,1-3H3,(H,31,33). The summed E-state index contributed by atoms with van der Waals surface area (Å²) in [5.74, 6) is 0.502. The van der Waals surface area contributed by atoms with Gasteiger partial charge in [-0.3, -0.25) is 30.9 Å². The second-order valence-electron chi connectivity index (χ2n) is 11.0. The third-order valence-electron chi connectivity index (χ3n) is 8.69. The number of methoxy groups -OCH3 is 2. The molecule has 0 saturated carbocycles. The Kier molecular flexibility index (Phi) is 9.20. The number of nitrogens with zero attached hydrogens (tertiary/aromatic N) is 1. The first-order valence-corrected chi connectivity index (χ1v) is 14.9. The number of likely N-dealkylation sites (tertiary alicyclic amines) is 1. The van der Waals surface area contributed by atoms with Gasteiger partial charge in [-0.2, -0.15) is 0 Å². The van der Waals surface area contributed by atoms with Crippen molar-refractivity contribution in [2.24, 2.45) is 17.8 Å². The van der Waals surface area contributed by atoms with E-state index in [4.69, 9.17) is 21.1 Å². The first kappa shape index (κ1) is 27.9. The summed E-state index contributed by atoms with van der Waals surface area (Å²) < 4.78 is 11.1. The molecule has 11 atom stereocenters. The normalized spacial score (nSPS) is 44.4. The quantitative estimate of drug-likeness (QED) is 0.178. The average Bonchev–Trinajstić information content (AvgIpc) is 3.47. The molecule has 37 heavy (non-hydrogen) atoms. The predicted molar refractivity (Wildman–Crippen MR) is 143 cm³/mol. The molecule has 5 aliphatic rings. The lowest BCUT2D eigenvalue weighted by Gasteiger charge is -2.45. The maximum Gasteiger partial charge on any atom is 0.239 e. The lowest BCUT2D eigenvalue weighted by molar-refractivity contribution is -0.135. The lowest BCUT2D eigenvalue weighted by atomic mass is 9.70. The molecular formula is C24H42ClN7O4S. The van der Waals surface area contributed by atoms with Crippen molar-refractivity contribution >= 4 is 35.2 Å². The zero-order valence-corrected chi connectivity index (χ0v) is 23.4. The molecule has 0 aromatic carbocycles. The van der Waals surface area contributed by atoms with Crippen LogP contribution in [0.15, 0.2) is 0 Å². The SMILES string of the molecule is COC1NCCC(C(=O)N2CC3NC(NC(=O)C4CNC(C)CC4C4CC(Cl)NCC4OC)SC3C2)N1. The van der Waals surface area contributed by atoms with Crippen LogP contribution in [0, 0.1) is 17.8 Å². The van der Waals surface area contributed by atoms with Crippen molar-refractivity contribution in [2.75, 3.05) is 46.9 Å². The summed E-state index contributed by atoms with van der Waals surface area (Å²) in [7, 11) is 3.37. The first-order valence-electron chi connectivity index (χ1n) is 13.5. The number of carbonyl (C=O) groups excluding carboxylic acids is 2. The fraction of sp³-hybridized carbons (Fsp3) is 0.917. The van der Waals surface area contributed by atoms with E-state index in [2.05, 4.69) is 38.8 Å². The number of hydrogen-bond acceptors (Lipinski definition) is 10. The molecule has 6 N–H and O–H groups in total. The number of alkyl halides is 1. The van der Waals surface area contributed by atoms with Crippen LogP contribution >= 0.6 is 23.4 Å². The van der Waals surface area contributed by atoms with E-state index in [1.54, 1.807) is 26.0 Å². The molecule has 0 bridgehead atoms. The maximum absolute atomic E-state index is 13.6. The van der Waals surface area contributed by atoms with Crippen LogP contribution in [0.25, 0.3) is 0 Å². The summed E-state index contributed by atoms with van der Waals surface area (Å²) in [6, 6.07) is 0.284. The summed E-state index contributed by atoms with van der Waals surface area (Å²) in [4.78, 5) is 28.6. The van der Waals surface area contributed by atoms with E-state index in [9.17, 15) is 9.59 Å². The number of rotatable bonds is 6. The Morgan fingerprint density at radius 2 is 1.86 bits per heavy atom. The van der Waals surface area contributed by atoms with Gasteiger partial charge in [-0.15, -0.1) is 23.4 Å². The molecule has 5 aliphatic heterocycles. The van der Waals surface area contributed by atoms with Gasteiger partial charge in [0, 0.05) is 64.3 Å². The number of fused-ring (bicyclic) bond motifs is 1. The van der Waals surface area contributed by atoms with Gasteiger partial charge in [0.05, 0.1) is 23.6 Å². The third-order valence-corrected chi connectivity index (χ3v) is 10.4. The topological polar surface area (TPSA) is 128 Å². The highest BCUT2D eigenvalue weighted by molar-refractivity contribution is 8.00. The van der Waals surface area contributed by atoms with Gasteiger partial charge < -0.3 is 25.0 Å². The molecule has 5 heterocycles. The van der Waals surface area contributed by atoms with Gasteiger partial charge in [0.25, 0.3) is 0 Å². The molecule has 5 rings (SSSR count). The molecule has 11 nitrogen and oxygen atoms in total. The van der Waals surface area contributed by atoms with E-state index in [-0.39, 0.29) is 70.4 Å². The van der Waals surface area contributed by atoms with Gasteiger partial charge in [-0.1, -0.05) is 0 Å². The van der Waals surface area contributed by atoms with Crippen LogP contribution in [0.5, 0.6) is 0 Å². The third kappa shape index (κ3) is 6.22. The van der Waals surface area contributed by atoms with Crippen LogP contribution in [-0.4, -0.2) is 110 Å². The van der Waals surface area contributed by atoms with Gasteiger partial charge in [-0.25, -0.2) is 0 Å². The summed E-state index contributed by atoms with van der Waals surface area (Å²) in [6.07, 6.45) is 2.22. The Hall–Kier alpha value is -0.700. The van der Waals surface area contributed by atoms with Crippen LogP contribution < -0.4 is 31.9 Å². The van der Waals surface area contributed by atoms with Crippen molar-refractivity contribution in [3.05, 3.63) is 0 Å². The molecule has 13 heteroatoms. The van der Waals surface area contributed by atoms with Gasteiger partial charge in [0.1, 0.15) is 5.50 Å². The lowest BCUT2D eigenvalue weighted by Crippen LogP contribution is -2.60. The zero-order chi connectivity index (χ0) is 26.1. The summed E-state index contributed by atoms with van der Waals surface area (Å²) in [6.45, 7) is 5.62. The Labute approximate surface area is 228 Å². The molecule has 0 radical (unpaired) electrons. The van der Waals surface area contributed by atoms with Crippen molar-refractivity contribution in [3.8, 4) is 0 Å². The molecule has 5 fully saturated rings. The van der Waals surface area contributed by atoms with Crippen molar-refractivity contribution in [1.29, 1.82) is 0 Å². The smallest absolute Gasteiger partial charge is 0.239 e. The Morgan fingerprint density at radius 1 is 1.03 bits per heavy atom. The van der Waals surface area contributed by atoms with Crippen LogP contribution in [0.2, 0.25) is 0 Å². The van der Waals surface area contributed by atoms with Crippen molar-refractivity contribution in [2.45, 2.75) is 73.0 Å². The number of hydrogen-bond donors (Lipinski definition) is 6. The fourth-order valence-corrected chi connectivity index (χ4v) is 8.40. The molecule has 2 amide bonds. The van der Waals surface area contributed by atoms with Crippen molar-refractivity contribution < 1.29 is 19.1 Å². The molecule has 0 aromatic heterocycles. The molecule has 0 spiro atoms. The van der Waals surface area contributed by atoms with E-state index >= 15 is 0 Å². The highest BCUT2D eigenvalue weighted by Crippen LogP contribution is 2.38. The van der Waals surface area contributed by atoms with Gasteiger partial charge in [0.15, 0.2) is 6.35 Å². The zero-order valence-electron chi connectivity index (χ0n) is 21.9. The van der Waals surface area contributed by atoms with E-state index in [0.717, 1.165) is 25.8 Å². The maximum atomic E-state index is 13.6. The number of thioether (sulfide) groups is 1. The van der Waals surface area contributed by atoms with E-state index in [1.165, 1.54) is 0 Å². The second-order valence-corrected chi connectivity index (χ2v) is 12.9. The van der Waals surface area contributed by atoms with Crippen LogP contribution in [-0.2, 0) is 19.1 Å². The summed E-state index contributed by atoms with van der Waals surface area (Å²) >= 11 is 8.19. The van der Waals surface area contributed by atoms with Gasteiger partial charge in [-0.05, 0) is 38.0 Å². The highest BCUT2D eigenvalue weighted by atomic mass is 35.5. The largest absolute Gasteiger partial charge is 0.380 e. The first-order chi connectivity index (χ1) is 17.9. The number of ether oxygens (including phenoxy) is 2. The molecule has 210 valence electrons. The van der Waals surface area contributed by atoms with E-state index in [1.807, 2.05) is 4.90 Å². The van der Waals surface area contributed by atoms with Crippen molar-refractivity contribution in [1.82, 2.24) is 36.8 Å². The van der Waals surface area contributed by atoms with Crippen molar-refractivity contribution in [3.63, 3.8) is 0 Å². The highest BCUT2D eigenvalue weighted by Gasteiger charge is 2.47. The van der Waals surface area contributed by atoms with Crippen LogP contribution in [0.3, 0.4) is 0 Å². The molecule has 0 aliphatic carbocycles. The summed E-state index contributed by atoms with van der Waals surface area (Å²) in [5.41, 5.74) is -0.246. The number of piperidine rings is 2. The van der Waals surface area contributed by atoms with Gasteiger partial charge in [0.2, 0.25) is 11.8 Å². The molecule has 0 aromatic rings. The van der Waals surface area contributed by atoms with Crippen LogP contribution in [0.4, 0.5) is 0 Å². The second kappa shape index (κ2) is 12.2. The van der Waals surface area contributed by atoms with Crippen LogP contribution in [0.1, 0.15) is 26.2 Å². The number of amides is 2. The fourth-order valence-electron chi connectivity index (χ4n) is 6.70. The number of halogens is 1. The summed E-state index contributed by atoms with van der Waals surface area (Å²) in [5, 5.41) is 20.3. The molecule has 5 saturated heterocycles. The monoisotopic (exact) mass is 559 g/mol. The predicted octanol–water partition coefficient (Wildman–Crippen LogP) is -1.01. The Morgan fingerprint density at radius 3 is 2.62 bits per heavy atom. The Balaban J connectivity index is 1.15. The minimum Gasteiger partial charge on any atom is -0.380 e. The van der Waals surface area contributed by atoms with E-state index < -0.39 is 0 Å². The Bertz CT molecular complexity index is 816. The number of nitrogens with one attached hydrogen (secondary N) is 6. The molecular weight excluding hydrogens is 518 g/mol. The van der Waals surface area contributed by atoms with E-state index in [0.29, 0.717) is 32.2 Å². The average molecular weight is 560 g/mol. The number of carbonyl (C=O) groups is 2. The van der Waals surface area contributed by atoms with Gasteiger partial charge >= 0.3 is 0 Å². The minimum absolute atomic E-state index is 0.0519. The molecule has 11 unspecified atom stereocenters. The minimum atomic E-state index is -0.294.